The summed E-state index contributed by atoms with van der Waals surface area (Å²) >= 11 is 0. The Morgan fingerprint density at radius 1 is 1.05 bits per heavy atom. The van der Waals surface area contributed by atoms with Crippen LogP contribution >= 0.6 is 0 Å². The Balaban J connectivity index is 2.20. The minimum atomic E-state index is -3.34. The number of aromatic nitrogens is 2. The molecule has 1 N–H and O–H groups in total. The average molecular weight is 319 g/mol. The molecule has 0 radical (unpaired) electrons. The Morgan fingerprint density at radius 2 is 1.73 bits per heavy atom. The zero-order valence-corrected chi connectivity index (χ0v) is 13.2. The molecule has 1 heterocycles. The smallest absolute Gasteiger partial charge is 0.224 e. The van der Waals surface area contributed by atoms with Crippen LogP contribution < -0.4 is 5.32 Å². The minimum absolute atomic E-state index is 0.00709. The third kappa shape index (κ3) is 3.67. The van der Waals surface area contributed by atoms with Gasteiger partial charge >= 0.3 is 0 Å². The first kappa shape index (κ1) is 16.1. The van der Waals surface area contributed by atoms with Crippen LogP contribution in [0.2, 0.25) is 0 Å². The van der Waals surface area contributed by atoms with E-state index in [0.717, 1.165) is 5.56 Å². The van der Waals surface area contributed by atoms with Gasteiger partial charge in [-0.05, 0) is 24.3 Å². The second-order valence-corrected chi connectivity index (χ2v) is 6.86. The van der Waals surface area contributed by atoms with E-state index in [4.69, 9.17) is 0 Å². The highest BCUT2D eigenvalue weighted by Crippen LogP contribution is 2.20. The maximum atomic E-state index is 11.7. The fourth-order valence-corrected chi connectivity index (χ4v) is 2.50. The Labute approximate surface area is 129 Å². The number of nitrogens with one attached hydrogen (secondary N) is 1. The fraction of sp³-hybridized carbons (Fsp3) is 0.267. The van der Waals surface area contributed by atoms with Crippen LogP contribution in [0.25, 0.3) is 11.3 Å². The van der Waals surface area contributed by atoms with Crippen LogP contribution in [0.5, 0.6) is 0 Å². The molecule has 0 spiro atoms. The van der Waals surface area contributed by atoms with Crippen LogP contribution in [0.3, 0.4) is 0 Å². The molecule has 0 bridgehead atoms. The molecule has 0 atom stereocenters. The van der Waals surface area contributed by atoms with E-state index in [0.29, 0.717) is 17.8 Å². The normalized spacial score (nSPS) is 11.2. The number of benzene rings is 1. The van der Waals surface area contributed by atoms with Crippen molar-refractivity contribution < 1.29 is 13.2 Å². The lowest BCUT2D eigenvalue weighted by atomic mass is 10.1. The second kappa shape index (κ2) is 6.65. The summed E-state index contributed by atoms with van der Waals surface area (Å²) in [6.07, 6.45) is 0.417. The van der Waals surface area contributed by atoms with E-state index in [2.05, 4.69) is 15.5 Å². The number of sulfone groups is 1. The lowest BCUT2D eigenvalue weighted by molar-refractivity contribution is -0.115. The Bertz CT molecular complexity index is 754. The molecule has 2 rings (SSSR count). The maximum absolute atomic E-state index is 11.7. The highest BCUT2D eigenvalue weighted by atomic mass is 32.2. The zero-order chi connectivity index (χ0) is 16.2. The number of anilines is 1. The van der Waals surface area contributed by atoms with Gasteiger partial charge in [0.25, 0.3) is 0 Å². The van der Waals surface area contributed by atoms with E-state index < -0.39 is 9.84 Å². The first-order valence-corrected chi connectivity index (χ1v) is 8.58. The van der Waals surface area contributed by atoms with Gasteiger partial charge in [-0.1, -0.05) is 26.0 Å². The van der Waals surface area contributed by atoms with Crippen LogP contribution in [-0.4, -0.2) is 30.3 Å². The fourth-order valence-electron chi connectivity index (χ4n) is 1.76. The zero-order valence-electron chi connectivity index (χ0n) is 12.4. The van der Waals surface area contributed by atoms with Gasteiger partial charge in [-0.2, -0.15) is 0 Å². The monoisotopic (exact) mass is 319 g/mol. The van der Waals surface area contributed by atoms with Gasteiger partial charge in [0.1, 0.15) is 0 Å². The van der Waals surface area contributed by atoms with Gasteiger partial charge in [-0.25, -0.2) is 8.42 Å². The van der Waals surface area contributed by atoms with E-state index in [1.807, 2.05) is 0 Å². The largest absolute Gasteiger partial charge is 0.326 e. The molecule has 0 unspecified atom stereocenters. The summed E-state index contributed by atoms with van der Waals surface area (Å²) in [6.45, 7) is 3.35. The van der Waals surface area contributed by atoms with Gasteiger partial charge in [0, 0.05) is 17.7 Å². The molecule has 2 aromatic rings. The molecule has 0 fully saturated rings. The molecule has 0 saturated heterocycles. The van der Waals surface area contributed by atoms with Gasteiger partial charge < -0.3 is 5.32 Å². The molecule has 0 saturated carbocycles. The number of nitrogens with zero attached hydrogens (tertiary/aromatic N) is 2. The van der Waals surface area contributed by atoms with Crippen LogP contribution in [0.1, 0.15) is 20.3 Å². The van der Waals surface area contributed by atoms with Gasteiger partial charge in [0.15, 0.2) is 14.9 Å². The summed E-state index contributed by atoms with van der Waals surface area (Å²) in [5.41, 5.74) is 2.07. The first-order valence-electron chi connectivity index (χ1n) is 6.93. The molecule has 1 aromatic heterocycles. The number of carbonyl (C=O) groups excluding carboxylic acids is 1. The summed E-state index contributed by atoms with van der Waals surface area (Å²) < 4.78 is 23.4. The molecule has 6 nitrogen and oxygen atoms in total. The van der Waals surface area contributed by atoms with Crippen molar-refractivity contribution in [3.63, 3.8) is 0 Å². The van der Waals surface area contributed by atoms with Crippen LogP contribution in [0, 0.1) is 0 Å². The van der Waals surface area contributed by atoms with Gasteiger partial charge in [-0.3, -0.25) is 4.79 Å². The van der Waals surface area contributed by atoms with Crippen molar-refractivity contribution >= 4 is 21.4 Å². The van der Waals surface area contributed by atoms with Crippen molar-refractivity contribution in [3.05, 3.63) is 36.4 Å². The van der Waals surface area contributed by atoms with Crippen LogP contribution in [0.4, 0.5) is 5.69 Å². The van der Waals surface area contributed by atoms with Crippen LogP contribution in [-0.2, 0) is 14.6 Å². The van der Waals surface area contributed by atoms with Crippen molar-refractivity contribution in [1.29, 1.82) is 0 Å². The molecule has 116 valence electrons. The summed E-state index contributed by atoms with van der Waals surface area (Å²) in [7, 11) is -3.34. The molecule has 7 heteroatoms. The standard InChI is InChI=1S/C15H17N3O3S/c1-3-14(19)16-12-7-5-11(6-8-12)13-9-10-15(18-17-13)22(20,21)4-2/h5-10H,3-4H2,1-2H3,(H,16,19). The highest BCUT2D eigenvalue weighted by molar-refractivity contribution is 7.91. The average Bonchev–Trinajstić information content (AvgIpc) is 2.55. The minimum Gasteiger partial charge on any atom is -0.326 e. The highest BCUT2D eigenvalue weighted by Gasteiger charge is 2.14. The molecule has 1 aromatic carbocycles. The van der Waals surface area contributed by atoms with Crippen molar-refractivity contribution in [3.8, 4) is 11.3 Å². The van der Waals surface area contributed by atoms with E-state index in [1.165, 1.54) is 6.07 Å². The summed E-state index contributed by atoms with van der Waals surface area (Å²) in [6, 6.07) is 10.2. The topological polar surface area (TPSA) is 89.0 Å². The van der Waals surface area contributed by atoms with Crippen molar-refractivity contribution in [2.75, 3.05) is 11.1 Å². The second-order valence-electron chi connectivity index (χ2n) is 4.64. The molecule has 0 aliphatic heterocycles. The van der Waals surface area contributed by atoms with Gasteiger partial charge in [0.2, 0.25) is 5.91 Å². The van der Waals surface area contributed by atoms with E-state index in [9.17, 15) is 13.2 Å². The summed E-state index contributed by atoms with van der Waals surface area (Å²) in [4.78, 5) is 11.3. The Hall–Kier alpha value is -2.28. The van der Waals surface area contributed by atoms with Crippen molar-refractivity contribution in [2.45, 2.75) is 25.3 Å². The molecule has 0 aliphatic rings. The molecule has 1 amide bonds. The number of hydrogen-bond acceptors (Lipinski definition) is 5. The van der Waals surface area contributed by atoms with E-state index in [1.54, 1.807) is 44.2 Å². The first-order chi connectivity index (χ1) is 10.5. The lowest BCUT2D eigenvalue weighted by Gasteiger charge is -2.05. The third-order valence-electron chi connectivity index (χ3n) is 3.12. The molecule has 0 aliphatic carbocycles. The summed E-state index contributed by atoms with van der Waals surface area (Å²) in [5.74, 6) is -0.0611. The van der Waals surface area contributed by atoms with Crippen molar-refractivity contribution in [1.82, 2.24) is 10.2 Å². The Morgan fingerprint density at radius 3 is 2.23 bits per heavy atom. The van der Waals surface area contributed by atoms with E-state index >= 15 is 0 Å². The lowest BCUT2D eigenvalue weighted by Crippen LogP contribution is -2.09. The number of rotatable bonds is 5. The number of carbonyl (C=O) groups is 1. The molecular weight excluding hydrogens is 302 g/mol. The number of hydrogen-bond donors (Lipinski definition) is 1. The predicted molar refractivity (Wildman–Crippen MR) is 84.1 cm³/mol. The quantitative estimate of drug-likeness (QED) is 0.913. The summed E-state index contributed by atoms with van der Waals surface area (Å²) in [5, 5.41) is 10.5. The number of amides is 1. The SMILES string of the molecule is CCC(=O)Nc1ccc(-c2ccc(S(=O)(=O)CC)nn2)cc1. The molecular formula is C15H17N3O3S. The maximum Gasteiger partial charge on any atom is 0.224 e. The third-order valence-corrected chi connectivity index (χ3v) is 4.74. The van der Waals surface area contributed by atoms with Crippen molar-refractivity contribution in [2.24, 2.45) is 0 Å². The Kier molecular flexibility index (Phi) is 4.87. The van der Waals surface area contributed by atoms with Gasteiger partial charge in [0.05, 0.1) is 11.4 Å². The van der Waals surface area contributed by atoms with E-state index in [-0.39, 0.29) is 16.7 Å². The van der Waals surface area contributed by atoms with Crippen LogP contribution in [0.15, 0.2) is 41.4 Å². The predicted octanol–water partition coefficient (Wildman–Crippen LogP) is 2.29. The van der Waals surface area contributed by atoms with Gasteiger partial charge in [-0.15, -0.1) is 10.2 Å². The molecule has 22 heavy (non-hydrogen) atoms.